The maximum Gasteiger partial charge on any atom is 0.153 e. The molecule has 0 aliphatic rings. The summed E-state index contributed by atoms with van der Waals surface area (Å²) in [4.78, 5) is 12.2. The van der Waals surface area contributed by atoms with Crippen molar-refractivity contribution in [2.24, 2.45) is 0 Å². The molecule has 0 fully saturated rings. The van der Waals surface area contributed by atoms with Crippen LogP contribution in [0.1, 0.15) is 15.9 Å². The molecule has 0 spiro atoms. The molecule has 0 amide bonds. The van der Waals surface area contributed by atoms with Gasteiger partial charge < -0.3 is 4.74 Å². The standard InChI is InChI=1S/C15H14O2S/c1-11-3-8-15(12(9-11)10-16)17-13-4-6-14(18-2)7-5-13/h3-10H,1-2H3. The molecule has 0 bridgehead atoms. The number of thioether (sulfide) groups is 1. The van der Waals surface area contributed by atoms with Gasteiger partial charge in [0.05, 0.1) is 5.56 Å². The number of ether oxygens (including phenoxy) is 1. The van der Waals surface area contributed by atoms with Crippen LogP contribution < -0.4 is 4.74 Å². The van der Waals surface area contributed by atoms with Crippen LogP contribution in [0, 0.1) is 6.92 Å². The first-order chi connectivity index (χ1) is 8.72. The summed E-state index contributed by atoms with van der Waals surface area (Å²) < 4.78 is 5.71. The largest absolute Gasteiger partial charge is 0.457 e. The molecule has 0 saturated heterocycles. The first kappa shape index (κ1) is 12.7. The molecular weight excluding hydrogens is 244 g/mol. The van der Waals surface area contributed by atoms with Crippen molar-refractivity contribution >= 4 is 18.0 Å². The van der Waals surface area contributed by atoms with Crippen molar-refractivity contribution in [3.63, 3.8) is 0 Å². The van der Waals surface area contributed by atoms with E-state index >= 15 is 0 Å². The van der Waals surface area contributed by atoms with Crippen LogP contribution in [-0.2, 0) is 0 Å². The highest BCUT2D eigenvalue weighted by Gasteiger charge is 2.04. The third-order valence-electron chi connectivity index (χ3n) is 2.58. The molecule has 0 aliphatic carbocycles. The Morgan fingerprint density at radius 1 is 1.11 bits per heavy atom. The summed E-state index contributed by atoms with van der Waals surface area (Å²) in [6.07, 6.45) is 2.85. The Kier molecular flexibility index (Phi) is 4.05. The van der Waals surface area contributed by atoms with Crippen LogP contribution in [-0.4, -0.2) is 12.5 Å². The van der Waals surface area contributed by atoms with Crippen LogP contribution in [0.2, 0.25) is 0 Å². The molecular formula is C15H14O2S. The molecule has 0 N–H and O–H groups in total. The Bertz CT molecular complexity index is 547. The van der Waals surface area contributed by atoms with Crippen molar-refractivity contribution in [3.8, 4) is 11.5 Å². The second-order valence-corrected chi connectivity index (χ2v) is 4.82. The summed E-state index contributed by atoms with van der Waals surface area (Å²) in [6, 6.07) is 13.4. The Balaban J connectivity index is 2.24. The number of hydrogen-bond donors (Lipinski definition) is 0. The molecule has 0 aliphatic heterocycles. The molecule has 0 radical (unpaired) electrons. The molecule has 3 heteroatoms. The Hall–Kier alpha value is -1.74. The van der Waals surface area contributed by atoms with Gasteiger partial charge in [0.2, 0.25) is 0 Å². The monoisotopic (exact) mass is 258 g/mol. The van der Waals surface area contributed by atoms with Crippen LogP contribution in [0.5, 0.6) is 11.5 Å². The van der Waals surface area contributed by atoms with Crippen LogP contribution in [0.3, 0.4) is 0 Å². The van der Waals surface area contributed by atoms with Gasteiger partial charge in [-0.3, -0.25) is 4.79 Å². The smallest absolute Gasteiger partial charge is 0.153 e. The lowest BCUT2D eigenvalue weighted by atomic mass is 10.1. The van der Waals surface area contributed by atoms with Crippen molar-refractivity contribution in [1.82, 2.24) is 0 Å². The van der Waals surface area contributed by atoms with Gasteiger partial charge in [-0.2, -0.15) is 0 Å². The summed E-state index contributed by atoms with van der Waals surface area (Å²) in [5.41, 5.74) is 1.62. The van der Waals surface area contributed by atoms with E-state index < -0.39 is 0 Å². The quantitative estimate of drug-likeness (QED) is 0.603. The van der Waals surface area contributed by atoms with E-state index in [0.29, 0.717) is 11.3 Å². The molecule has 92 valence electrons. The van der Waals surface area contributed by atoms with E-state index in [1.54, 1.807) is 11.8 Å². The molecule has 18 heavy (non-hydrogen) atoms. The first-order valence-electron chi connectivity index (χ1n) is 5.60. The lowest BCUT2D eigenvalue weighted by Crippen LogP contribution is -1.91. The minimum Gasteiger partial charge on any atom is -0.457 e. The zero-order valence-electron chi connectivity index (χ0n) is 10.3. The number of hydrogen-bond acceptors (Lipinski definition) is 3. The third-order valence-corrected chi connectivity index (χ3v) is 3.32. The number of benzene rings is 2. The number of carbonyl (C=O) groups is 1. The molecule has 0 aromatic heterocycles. The molecule has 0 saturated carbocycles. The van der Waals surface area contributed by atoms with E-state index in [4.69, 9.17) is 4.74 Å². The maximum absolute atomic E-state index is 11.0. The first-order valence-corrected chi connectivity index (χ1v) is 6.83. The molecule has 2 rings (SSSR count). The normalized spacial score (nSPS) is 10.1. The number of carbonyl (C=O) groups excluding carboxylic acids is 1. The summed E-state index contributed by atoms with van der Waals surface area (Å²) in [5.74, 6) is 1.33. The van der Waals surface area contributed by atoms with Gasteiger partial charge in [0.15, 0.2) is 6.29 Å². The fourth-order valence-corrected chi connectivity index (χ4v) is 2.03. The second-order valence-electron chi connectivity index (χ2n) is 3.94. The van der Waals surface area contributed by atoms with E-state index in [1.165, 1.54) is 4.90 Å². The minimum absolute atomic E-state index is 0.573. The molecule has 2 nitrogen and oxygen atoms in total. The summed E-state index contributed by atoms with van der Waals surface area (Å²) in [6.45, 7) is 1.95. The second kappa shape index (κ2) is 5.74. The fourth-order valence-electron chi connectivity index (χ4n) is 1.62. The Morgan fingerprint density at radius 2 is 1.83 bits per heavy atom. The van der Waals surface area contributed by atoms with Crippen LogP contribution in [0.25, 0.3) is 0 Å². The van der Waals surface area contributed by atoms with Crippen molar-refractivity contribution < 1.29 is 9.53 Å². The van der Waals surface area contributed by atoms with Gasteiger partial charge in [0.1, 0.15) is 11.5 Å². The Morgan fingerprint density at radius 3 is 2.44 bits per heavy atom. The van der Waals surface area contributed by atoms with Gasteiger partial charge in [0, 0.05) is 4.90 Å². The number of rotatable bonds is 4. The van der Waals surface area contributed by atoms with E-state index in [-0.39, 0.29) is 0 Å². The predicted octanol–water partition coefficient (Wildman–Crippen LogP) is 4.32. The van der Waals surface area contributed by atoms with Crippen molar-refractivity contribution in [3.05, 3.63) is 53.6 Å². The molecule has 2 aromatic rings. The Labute approximate surface area is 111 Å². The van der Waals surface area contributed by atoms with E-state index in [1.807, 2.05) is 55.6 Å². The highest BCUT2D eigenvalue weighted by atomic mass is 32.2. The van der Waals surface area contributed by atoms with Gasteiger partial charge in [0.25, 0.3) is 0 Å². The molecule has 2 aromatic carbocycles. The zero-order chi connectivity index (χ0) is 13.0. The van der Waals surface area contributed by atoms with Gasteiger partial charge >= 0.3 is 0 Å². The van der Waals surface area contributed by atoms with Crippen molar-refractivity contribution in [2.45, 2.75) is 11.8 Å². The highest BCUT2D eigenvalue weighted by molar-refractivity contribution is 7.98. The number of aldehydes is 1. The SMILES string of the molecule is CSc1ccc(Oc2ccc(C)cc2C=O)cc1. The van der Waals surface area contributed by atoms with Gasteiger partial charge in [-0.05, 0) is 49.6 Å². The average molecular weight is 258 g/mol. The molecule has 0 atom stereocenters. The van der Waals surface area contributed by atoms with E-state index in [2.05, 4.69) is 0 Å². The van der Waals surface area contributed by atoms with Gasteiger partial charge in [-0.1, -0.05) is 11.6 Å². The highest BCUT2D eigenvalue weighted by Crippen LogP contribution is 2.26. The summed E-state index contributed by atoms with van der Waals surface area (Å²) in [7, 11) is 0. The maximum atomic E-state index is 11.0. The lowest BCUT2D eigenvalue weighted by Gasteiger charge is -2.09. The molecule has 0 unspecified atom stereocenters. The van der Waals surface area contributed by atoms with E-state index in [9.17, 15) is 4.79 Å². The van der Waals surface area contributed by atoms with Crippen molar-refractivity contribution in [1.29, 1.82) is 0 Å². The zero-order valence-corrected chi connectivity index (χ0v) is 11.2. The number of aryl methyl sites for hydroxylation is 1. The van der Waals surface area contributed by atoms with Crippen LogP contribution >= 0.6 is 11.8 Å². The summed E-state index contributed by atoms with van der Waals surface area (Å²) >= 11 is 1.68. The molecule has 0 heterocycles. The summed E-state index contributed by atoms with van der Waals surface area (Å²) in [5, 5.41) is 0. The predicted molar refractivity (Wildman–Crippen MR) is 74.9 cm³/mol. The van der Waals surface area contributed by atoms with Gasteiger partial charge in [-0.15, -0.1) is 11.8 Å². The topological polar surface area (TPSA) is 26.3 Å². The van der Waals surface area contributed by atoms with Gasteiger partial charge in [-0.25, -0.2) is 0 Å². The third kappa shape index (κ3) is 2.93. The minimum atomic E-state index is 0.573. The van der Waals surface area contributed by atoms with E-state index in [0.717, 1.165) is 17.6 Å². The van der Waals surface area contributed by atoms with Crippen LogP contribution in [0.4, 0.5) is 0 Å². The lowest BCUT2D eigenvalue weighted by molar-refractivity contribution is 0.112. The van der Waals surface area contributed by atoms with Crippen LogP contribution in [0.15, 0.2) is 47.4 Å². The average Bonchev–Trinajstić information content (AvgIpc) is 2.41. The van der Waals surface area contributed by atoms with Crippen molar-refractivity contribution in [2.75, 3.05) is 6.26 Å². The fraction of sp³-hybridized carbons (Fsp3) is 0.133.